The van der Waals surface area contributed by atoms with E-state index in [4.69, 9.17) is 4.74 Å². The summed E-state index contributed by atoms with van der Waals surface area (Å²) in [5.74, 6) is -0.253. The van der Waals surface area contributed by atoms with Crippen LogP contribution in [-0.2, 0) is 9.53 Å². The van der Waals surface area contributed by atoms with E-state index in [0.29, 0.717) is 12.2 Å². The Hall–Kier alpha value is -1.01. The lowest BCUT2D eigenvalue weighted by Crippen LogP contribution is -2.14. The summed E-state index contributed by atoms with van der Waals surface area (Å²) in [5.41, 5.74) is 3.13. The smallest absolute Gasteiger partial charge is 0.341 e. The van der Waals surface area contributed by atoms with Crippen LogP contribution in [0.3, 0.4) is 0 Å². The van der Waals surface area contributed by atoms with Crippen molar-refractivity contribution in [3.63, 3.8) is 0 Å². The van der Waals surface area contributed by atoms with Gasteiger partial charge in [0.05, 0.1) is 12.2 Å². The van der Waals surface area contributed by atoms with Gasteiger partial charge < -0.3 is 4.74 Å². The number of carbonyl (C=O) groups excluding carboxylic acids is 1. The molecule has 0 spiro atoms. The van der Waals surface area contributed by atoms with Crippen LogP contribution in [0.2, 0.25) is 0 Å². The lowest BCUT2D eigenvalue weighted by atomic mass is 10.1. The third-order valence-corrected chi connectivity index (χ3v) is 1.26. The highest BCUT2D eigenvalue weighted by molar-refractivity contribution is 5.88. The maximum atomic E-state index is 10.7. The molecule has 1 aliphatic heterocycles. The van der Waals surface area contributed by atoms with E-state index in [-0.39, 0.29) is 5.97 Å². The molecule has 0 atom stereocenters. The average molecular weight is 124 g/mol. The van der Waals surface area contributed by atoms with Crippen molar-refractivity contribution in [2.24, 2.45) is 0 Å². The fourth-order valence-corrected chi connectivity index (χ4v) is 0.764. The predicted octanol–water partition coefficient (Wildman–Crippen LogP) is 1.03. The Bertz CT molecular complexity index is 175. The van der Waals surface area contributed by atoms with Crippen molar-refractivity contribution in [1.82, 2.24) is 0 Å². The van der Waals surface area contributed by atoms with Crippen molar-refractivity contribution in [2.75, 3.05) is 6.61 Å². The van der Waals surface area contributed by atoms with E-state index < -0.39 is 0 Å². The molecule has 0 N–H and O–H groups in total. The van der Waals surface area contributed by atoms with Crippen LogP contribution in [0.1, 0.15) is 12.8 Å². The normalized spacial score (nSPS) is 18.7. The van der Waals surface area contributed by atoms with Crippen molar-refractivity contribution in [3.05, 3.63) is 17.9 Å². The second-order valence-corrected chi connectivity index (χ2v) is 1.89. The second-order valence-electron chi connectivity index (χ2n) is 1.89. The zero-order chi connectivity index (χ0) is 6.69. The number of carbonyl (C=O) groups is 1. The zero-order valence-corrected chi connectivity index (χ0v) is 5.14. The standard InChI is InChI=1S/C7H8O2/c1-2-6-4-3-5-9-7(6)8/h1,3-5H2. The molecule has 1 heterocycles. The maximum Gasteiger partial charge on any atom is 0.341 e. The molecule has 0 unspecified atom stereocenters. The second kappa shape index (κ2) is 2.51. The highest BCUT2D eigenvalue weighted by Crippen LogP contribution is 2.11. The first-order valence-corrected chi connectivity index (χ1v) is 2.90. The molecule has 1 saturated heterocycles. The molecule has 0 aromatic carbocycles. The molecule has 9 heavy (non-hydrogen) atoms. The van der Waals surface area contributed by atoms with E-state index in [1.807, 2.05) is 0 Å². The Labute approximate surface area is 53.8 Å². The highest BCUT2D eigenvalue weighted by Gasteiger charge is 2.14. The van der Waals surface area contributed by atoms with Crippen molar-refractivity contribution in [3.8, 4) is 0 Å². The fourth-order valence-electron chi connectivity index (χ4n) is 0.764. The summed E-state index contributed by atoms with van der Waals surface area (Å²) in [7, 11) is 0. The average Bonchev–Trinajstić information content (AvgIpc) is 1.89. The fraction of sp³-hybridized carbons (Fsp3) is 0.429. The third-order valence-electron chi connectivity index (χ3n) is 1.26. The molecule has 1 rings (SSSR count). The first-order chi connectivity index (χ1) is 4.34. The first kappa shape index (κ1) is 6.12. The topological polar surface area (TPSA) is 26.3 Å². The first-order valence-electron chi connectivity index (χ1n) is 2.90. The number of esters is 1. The van der Waals surface area contributed by atoms with Crippen LogP contribution in [0.5, 0.6) is 0 Å². The van der Waals surface area contributed by atoms with Gasteiger partial charge in [0.2, 0.25) is 0 Å². The van der Waals surface area contributed by atoms with Gasteiger partial charge >= 0.3 is 5.97 Å². The van der Waals surface area contributed by atoms with E-state index in [1.165, 1.54) is 0 Å². The molecule has 2 heteroatoms. The SMILES string of the molecule is C=C=C1CCCOC1=O. The summed E-state index contributed by atoms with van der Waals surface area (Å²) in [5, 5.41) is 0. The number of rotatable bonds is 0. The minimum atomic E-state index is -0.253. The summed E-state index contributed by atoms with van der Waals surface area (Å²) < 4.78 is 4.70. The van der Waals surface area contributed by atoms with Gasteiger partial charge in [0.15, 0.2) is 0 Å². The van der Waals surface area contributed by atoms with Crippen LogP contribution in [0, 0.1) is 0 Å². The van der Waals surface area contributed by atoms with Gasteiger partial charge in [-0.05, 0) is 12.8 Å². The molecule has 1 fully saturated rings. The Morgan fingerprint density at radius 1 is 1.67 bits per heavy atom. The third kappa shape index (κ3) is 1.21. The van der Waals surface area contributed by atoms with Crippen LogP contribution >= 0.6 is 0 Å². The largest absolute Gasteiger partial charge is 0.462 e. The molecule has 1 aliphatic rings. The van der Waals surface area contributed by atoms with Crippen LogP contribution < -0.4 is 0 Å². The molecular formula is C7H8O2. The van der Waals surface area contributed by atoms with Crippen molar-refractivity contribution in [2.45, 2.75) is 12.8 Å². The molecule has 0 aromatic rings. The molecule has 0 bridgehead atoms. The molecular weight excluding hydrogens is 116 g/mol. The van der Waals surface area contributed by atoms with Crippen molar-refractivity contribution < 1.29 is 9.53 Å². The molecule has 0 radical (unpaired) electrons. The summed E-state index contributed by atoms with van der Waals surface area (Å²) in [6.45, 7) is 3.92. The molecule has 0 aromatic heterocycles. The van der Waals surface area contributed by atoms with Gasteiger partial charge in [-0.1, -0.05) is 6.58 Å². The summed E-state index contributed by atoms with van der Waals surface area (Å²) in [6.07, 6.45) is 1.67. The monoisotopic (exact) mass is 124 g/mol. The predicted molar refractivity (Wildman–Crippen MR) is 32.8 cm³/mol. The van der Waals surface area contributed by atoms with Gasteiger partial charge in [0, 0.05) is 0 Å². The van der Waals surface area contributed by atoms with Crippen LogP contribution in [-0.4, -0.2) is 12.6 Å². The molecule has 2 nitrogen and oxygen atoms in total. The number of ether oxygens (including phenoxy) is 1. The minimum absolute atomic E-state index is 0.253. The van der Waals surface area contributed by atoms with Crippen molar-refractivity contribution in [1.29, 1.82) is 0 Å². The van der Waals surface area contributed by atoms with Crippen LogP contribution in [0.4, 0.5) is 0 Å². The van der Waals surface area contributed by atoms with Gasteiger partial charge in [-0.3, -0.25) is 0 Å². The van der Waals surface area contributed by atoms with Gasteiger partial charge in [-0.2, -0.15) is 0 Å². The quantitative estimate of drug-likeness (QED) is 0.274. The van der Waals surface area contributed by atoms with E-state index in [1.54, 1.807) is 0 Å². The minimum Gasteiger partial charge on any atom is -0.462 e. The number of hydrogen-bond donors (Lipinski definition) is 0. The lowest BCUT2D eigenvalue weighted by molar-refractivity contribution is -0.141. The zero-order valence-electron chi connectivity index (χ0n) is 5.14. The Balaban J connectivity index is 2.71. The van der Waals surface area contributed by atoms with E-state index in [2.05, 4.69) is 12.3 Å². The van der Waals surface area contributed by atoms with E-state index in [9.17, 15) is 4.79 Å². The molecule has 48 valence electrons. The summed E-state index contributed by atoms with van der Waals surface area (Å²) >= 11 is 0. The lowest BCUT2D eigenvalue weighted by Gasteiger charge is -2.10. The van der Waals surface area contributed by atoms with Crippen LogP contribution in [0.15, 0.2) is 17.9 Å². The maximum absolute atomic E-state index is 10.7. The van der Waals surface area contributed by atoms with E-state index in [0.717, 1.165) is 12.8 Å². The molecule has 0 aliphatic carbocycles. The van der Waals surface area contributed by atoms with Gasteiger partial charge in [-0.25, -0.2) is 4.79 Å². The number of hydrogen-bond acceptors (Lipinski definition) is 2. The summed E-state index contributed by atoms with van der Waals surface area (Å²) in [6, 6.07) is 0. The Morgan fingerprint density at radius 2 is 2.44 bits per heavy atom. The highest BCUT2D eigenvalue weighted by atomic mass is 16.5. The van der Waals surface area contributed by atoms with Gasteiger partial charge in [0.25, 0.3) is 0 Å². The molecule has 0 amide bonds. The number of cyclic esters (lactones) is 1. The summed E-state index contributed by atoms with van der Waals surface area (Å²) in [4.78, 5) is 10.7. The molecule has 0 saturated carbocycles. The van der Waals surface area contributed by atoms with Gasteiger partial charge in [0.1, 0.15) is 0 Å². The van der Waals surface area contributed by atoms with E-state index >= 15 is 0 Å². The van der Waals surface area contributed by atoms with Crippen molar-refractivity contribution >= 4 is 5.97 Å². The van der Waals surface area contributed by atoms with Crippen LogP contribution in [0.25, 0.3) is 0 Å². The Kier molecular flexibility index (Phi) is 1.71. The Morgan fingerprint density at radius 3 is 2.89 bits per heavy atom. The van der Waals surface area contributed by atoms with Gasteiger partial charge in [-0.15, -0.1) is 5.73 Å².